The SMILES string of the molecule is CCCSc1nc(O)c(C(c2ccccc2)c2ccccc2)c(=O)[nH]1. The van der Waals surface area contributed by atoms with Gasteiger partial charge in [0.25, 0.3) is 5.56 Å². The number of thioether (sulfide) groups is 1. The summed E-state index contributed by atoms with van der Waals surface area (Å²) in [5.74, 6) is 0.256. The molecule has 0 saturated carbocycles. The van der Waals surface area contributed by atoms with Crippen LogP contribution in [0.2, 0.25) is 0 Å². The van der Waals surface area contributed by atoms with Gasteiger partial charge in [0.2, 0.25) is 5.88 Å². The van der Waals surface area contributed by atoms with Crippen LogP contribution >= 0.6 is 11.8 Å². The van der Waals surface area contributed by atoms with Gasteiger partial charge in [0.05, 0.1) is 5.56 Å². The molecule has 4 nitrogen and oxygen atoms in total. The predicted octanol–water partition coefficient (Wildman–Crippen LogP) is 4.16. The fraction of sp³-hybridized carbons (Fsp3) is 0.200. The molecule has 1 heterocycles. The van der Waals surface area contributed by atoms with Crippen molar-refractivity contribution in [2.24, 2.45) is 0 Å². The van der Waals surface area contributed by atoms with Gasteiger partial charge in [0.1, 0.15) is 0 Å². The van der Waals surface area contributed by atoms with Crippen LogP contribution in [0.4, 0.5) is 0 Å². The molecule has 5 heteroatoms. The van der Waals surface area contributed by atoms with Gasteiger partial charge in [0.15, 0.2) is 5.16 Å². The van der Waals surface area contributed by atoms with E-state index in [4.69, 9.17) is 0 Å². The molecule has 2 aromatic carbocycles. The lowest BCUT2D eigenvalue weighted by Crippen LogP contribution is -2.20. The van der Waals surface area contributed by atoms with E-state index in [9.17, 15) is 9.90 Å². The van der Waals surface area contributed by atoms with Crippen LogP contribution in [0.3, 0.4) is 0 Å². The maximum atomic E-state index is 12.7. The Morgan fingerprint density at radius 2 is 1.60 bits per heavy atom. The third kappa shape index (κ3) is 3.94. The molecule has 2 N–H and O–H groups in total. The number of aromatic amines is 1. The zero-order chi connectivity index (χ0) is 17.6. The van der Waals surface area contributed by atoms with Crippen LogP contribution in [-0.2, 0) is 0 Å². The normalized spacial score (nSPS) is 11.0. The van der Waals surface area contributed by atoms with Gasteiger partial charge in [-0.1, -0.05) is 79.3 Å². The first kappa shape index (κ1) is 17.3. The minimum Gasteiger partial charge on any atom is -0.493 e. The molecular formula is C20H20N2O2S. The Kier molecular flexibility index (Phi) is 5.56. The van der Waals surface area contributed by atoms with E-state index < -0.39 is 0 Å². The van der Waals surface area contributed by atoms with Crippen molar-refractivity contribution in [2.45, 2.75) is 24.4 Å². The van der Waals surface area contributed by atoms with E-state index in [1.54, 1.807) is 0 Å². The minimum absolute atomic E-state index is 0.208. The molecule has 128 valence electrons. The summed E-state index contributed by atoms with van der Waals surface area (Å²) < 4.78 is 0. The average molecular weight is 352 g/mol. The Labute approximate surface area is 151 Å². The number of aromatic hydroxyl groups is 1. The van der Waals surface area contributed by atoms with Crippen molar-refractivity contribution in [2.75, 3.05) is 5.75 Å². The van der Waals surface area contributed by atoms with Crippen LogP contribution in [-0.4, -0.2) is 20.8 Å². The number of hydrogen-bond acceptors (Lipinski definition) is 4. The summed E-state index contributed by atoms with van der Waals surface area (Å²) in [5, 5.41) is 11.0. The van der Waals surface area contributed by atoms with Crippen LogP contribution in [0.1, 0.15) is 36.0 Å². The second kappa shape index (κ2) is 8.03. The molecule has 25 heavy (non-hydrogen) atoms. The van der Waals surface area contributed by atoms with Crippen molar-refractivity contribution >= 4 is 11.8 Å². The maximum Gasteiger partial charge on any atom is 0.259 e. The Hall–Kier alpha value is -2.53. The molecule has 0 spiro atoms. The van der Waals surface area contributed by atoms with Crippen molar-refractivity contribution < 1.29 is 5.11 Å². The monoisotopic (exact) mass is 352 g/mol. The number of benzene rings is 2. The van der Waals surface area contributed by atoms with Gasteiger partial charge in [0, 0.05) is 11.7 Å². The van der Waals surface area contributed by atoms with E-state index in [1.807, 2.05) is 60.7 Å². The predicted molar refractivity (Wildman–Crippen MR) is 101 cm³/mol. The number of rotatable bonds is 6. The molecule has 1 aromatic heterocycles. The number of H-pyrrole nitrogens is 1. The second-order valence-electron chi connectivity index (χ2n) is 5.71. The van der Waals surface area contributed by atoms with Gasteiger partial charge in [-0.05, 0) is 17.5 Å². The third-order valence-electron chi connectivity index (χ3n) is 3.91. The lowest BCUT2D eigenvalue weighted by molar-refractivity contribution is 0.434. The van der Waals surface area contributed by atoms with Gasteiger partial charge in [-0.15, -0.1) is 0 Å². The highest BCUT2D eigenvalue weighted by atomic mass is 32.2. The van der Waals surface area contributed by atoms with E-state index in [1.165, 1.54) is 11.8 Å². The molecule has 0 saturated heterocycles. The summed E-state index contributed by atoms with van der Waals surface area (Å²) in [6.07, 6.45) is 0.966. The molecule has 0 radical (unpaired) electrons. The van der Waals surface area contributed by atoms with Crippen LogP contribution in [0.25, 0.3) is 0 Å². The fourth-order valence-electron chi connectivity index (χ4n) is 2.79. The zero-order valence-corrected chi connectivity index (χ0v) is 14.8. The number of nitrogens with one attached hydrogen (secondary N) is 1. The molecule has 0 amide bonds. The first-order chi connectivity index (χ1) is 12.2. The first-order valence-electron chi connectivity index (χ1n) is 8.26. The highest BCUT2D eigenvalue weighted by Gasteiger charge is 2.24. The van der Waals surface area contributed by atoms with Crippen LogP contribution in [0, 0.1) is 0 Å². The molecule has 0 atom stereocenters. The molecule has 0 aliphatic carbocycles. The van der Waals surface area contributed by atoms with Crippen LogP contribution in [0.5, 0.6) is 5.88 Å². The number of aromatic nitrogens is 2. The van der Waals surface area contributed by atoms with Crippen LogP contribution in [0.15, 0.2) is 70.6 Å². The van der Waals surface area contributed by atoms with E-state index in [2.05, 4.69) is 16.9 Å². The molecule has 3 aromatic rings. The van der Waals surface area contributed by atoms with Gasteiger partial charge in [-0.25, -0.2) is 0 Å². The molecule has 3 rings (SSSR count). The molecule has 0 unspecified atom stereocenters. The summed E-state index contributed by atoms with van der Waals surface area (Å²) in [7, 11) is 0. The van der Waals surface area contributed by atoms with E-state index >= 15 is 0 Å². The van der Waals surface area contributed by atoms with E-state index in [0.717, 1.165) is 23.3 Å². The standard InChI is InChI=1S/C20H20N2O2S/c1-2-13-25-20-21-18(23)17(19(24)22-20)16(14-9-5-3-6-10-14)15-11-7-4-8-12-15/h3-12,16H,2,13H2,1H3,(H2,21,22,23,24). The molecule has 0 fully saturated rings. The molecule has 0 aliphatic heterocycles. The molecule has 0 aliphatic rings. The largest absolute Gasteiger partial charge is 0.493 e. The van der Waals surface area contributed by atoms with Crippen molar-refractivity contribution in [3.8, 4) is 5.88 Å². The summed E-state index contributed by atoms with van der Waals surface area (Å²) in [6.45, 7) is 2.06. The van der Waals surface area contributed by atoms with Gasteiger partial charge >= 0.3 is 0 Å². The minimum atomic E-state index is -0.371. The Morgan fingerprint density at radius 1 is 1.04 bits per heavy atom. The van der Waals surface area contributed by atoms with Crippen molar-refractivity contribution in [3.05, 3.63) is 87.7 Å². The highest BCUT2D eigenvalue weighted by molar-refractivity contribution is 7.99. The lowest BCUT2D eigenvalue weighted by Gasteiger charge is -2.18. The van der Waals surface area contributed by atoms with Gasteiger partial charge in [-0.2, -0.15) is 4.98 Å². The topological polar surface area (TPSA) is 66.0 Å². The summed E-state index contributed by atoms with van der Waals surface area (Å²) in [4.78, 5) is 19.8. The van der Waals surface area contributed by atoms with Crippen molar-refractivity contribution in [1.82, 2.24) is 9.97 Å². The van der Waals surface area contributed by atoms with E-state index in [-0.39, 0.29) is 22.9 Å². The quantitative estimate of drug-likeness (QED) is 0.516. The zero-order valence-electron chi connectivity index (χ0n) is 14.0. The molecule has 0 bridgehead atoms. The third-order valence-corrected chi connectivity index (χ3v) is 4.99. The Balaban J connectivity index is 2.13. The highest BCUT2D eigenvalue weighted by Crippen LogP contribution is 2.34. The summed E-state index contributed by atoms with van der Waals surface area (Å²) in [5.41, 5.74) is 1.84. The Bertz CT molecular complexity index is 840. The Morgan fingerprint density at radius 3 is 2.08 bits per heavy atom. The second-order valence-corrected chi connectivity index (χ2v) is 6.79. The van der Waals surface area contributed by atoms with Gasteiger partial charge in [-0.3, -0.25) is 4.79 Å². The molecular weight excluding hydrogens is 332 g/mol. The van der Waals surface area contributed by atoms with E-state index in [0.29, 0.717) is 5.16 Å². The number of nitrogens with zero attached hydrogens (tertiary/aromatic N) is 1. The smallest absolute Gasteiger partial charge is 0.259 e. The number of hydrogen-bond donors (Lipinski definition) is 2. The summed E-state index contributed by atoms with van der Waals surface area (Å²) in [6, 6.07) is 19.4. The fourth-order valence-corrected chi connectivity index (χ4v) is 3.51. The van der Waals surface area contributed by atoms with Crippen molar-refractivity contribution in [1.29, 1.82) is 0 Å². The summed E-state index contributed by atoms with van der Waals surface area (Å²) >= 11 is 1.43. The van der Waals surface area contributed by atoms with Crippen LogP contribution < -0.4 is 5.56 Å². The lowest BCUT2D eigenvalue weighted by atomic mass is 9.86. The van der Waals surface area contributed by atoms with Gasteiger partial charge < -0.3 is 10.1 Å². The first-order valence-corrected chi connectivity index (χ1v) is 9.25. The van der Waals surface area contributed by atoms with Crippen molar-refractivity contribution in [3.63, 3.8) is 0 Å². The average Bonchev–Trinajstić information content (AvgIpc) is 2.64. The maximum absolute atomic E-state index is 12.7.